The molecule has 1 unspecified atom stereocenters. The number of halogens is 3. The summed E-state index contributed by atoms with van der Waals surface area (Å²) in [4.78, 5) is 26.6. The molecule has 0 aliphatic carbocycles. The van der Waals surface area contributed by atoms with Crippen LogP contribution in [0.15, 0.2) is 47.4 Å². The van der Waals surface area contributed by atoms with Crippen molar-refractivity contribution in [1.82, 2.24) is 14.5 Å². The third kappa shape index (κ3) is 6.33. The zero-order chi connectivity index (χ0) is 23.3. The molecule has 0 aliphatic rings. The highest BCUT2D eigenvalue weighted by atomic mass is 35.5. The average molecular weight is 507 g/mol. The quantitative estimate of drug-likeness (QED) is 0.594. The van der Waals surface area contributed by atoms with Crippen molar-refractivity contribution < 1.29 is 18.0 Å². The van der Waals surface area contributed by atoms with Crippen LogP contribution in [0.5, 0.6) is 0 Å². The van der Waals surface area contributed by atoms with Crippen LogP contribution < -0.4 is 5.32 Å². The summed E-state index contributed by atoms with van der Waals surface area (Å²) in [7, 11) is -1.18. The van der Waals surface area contributed by atoms with Crippen molar-refractivity contribution in [3.63, 3.8) is 0 Å². The first-order valence-corrected chi connectivity index (χ1v) is 11.7. The van der Waals surface area contributed by atoms with E-state index in [-0.39, 0.29) is 11.4 Å². The van der Waals surface area contributed by atoms with Gasteiger partial charge < -0.3 is 10.2 Å². The molecule has 2 aromatic rings. The van der Waals surface area contributed by atoms with Crippen molar-refractivity contribution in [2.45, 2.75) is 24.4 Å². The smallest absolute Gasteiger partial charge is 0.243 e. The Bertz CT molecular complexity index is 1060. The maximum Gasteiger partial charge on any atom is 0.243 e. The van der Waals surface area contributed by atoms with Gasteiger partial charge in [-0.2, -0.15) is 4.31 Å². The Labute approximate surface area is 196 Å². The minimum atomic E-state index is -3.93. The minimum Gasteiger partial charge on any atom is -0.357 e. The van der Waals surface area contributed by atoms with Gasteiger partial charge in [0.1, 0.15) is 6.04 Å². The summed E-state index contributed by atoms with van der Waals surface area (Å²) in [6.45, 7) is 1.13. The van der Waals surface area contributed by atoms with E-state index in [4.69, 9.17) is 34.8 Å². The third-order valence-corrected chi connectivity index (χ3v) is 7.44. The molecule has 1 N–H and O–H groups in total. The van der Waals surface area contributed by atoms with Crippen LogP contribution in [0.4, 0.5) is 0 Å². The van der Waals surface area contributed by atoms with Gasteiger partial charge in [0.05, 0.1) is 21.5 Å². The lowest BCUT2D eigenvalue weighted by atomic mass is 10.1. The Morgan fingerprint density at radius 3 is 2.19 bits per heavy atom. The highest BCUT2D eigenvalue weighted by Crippen LogP contribution is 2.24. The van der Waals surface area contributed by atoms with Gasteiger partial charge in [-0.25, -0.2) is 8.42 Å². The first-order valence-electron chi connectivity index (χ1n) is 9.14. The molecule has 0 radical (unpaired) electrons. The molecule has 11 heteroatoms. The number of hydrogen-bond acceptors (Lipinski definition) is 4. The van der Waals surface area contributed by atoms with E-state index in [9.17, 15) is 18.0 Å². The van der Waals surface area contributed by atoms with Gasteiger partial charge in [-0.3, -0.25) is 9.59 Å². The summed E-state index contributed by atoms with van der Waals surface area (Å²) in [6, 6.07) is 9.64. The number of carbonyl (C=O) groups excluding carboxylic acids is 2. The van der Waals surface area contributed by atoms with E-state index < -0.39 is 34.4 Å². The molecule has 0 fully saturated rings. The molecule has 0 bridgehead atoms. The van der Waals surface area contributed by atoms with Crippen molar-refractivity contribution in [3.05, 3.63) is 63.1 Å². The monoisotopic (exact) mass is 505 g/mol. The zero-order valence-electron chi connectivity index (χ0n) is 17.1. The summed E-state index contributed by atoms with van der Waals surface area (Å²) in [6.07, 6.45) is 0. The molecule has 0 spiro atoms. The fourth-order valence-corrected chi connectivity index (χ4v) is 4.35. The molecule has 2 aromatic carbocycles. The van der Waals surface area contributed by atoms with Crippen molar-refractivity contribution in [3.8, 4) is 0 Å². The van der Waals surface area contributed by atoms with Crippen LogP contribution >= 0.6 is 34.8 Å². The Hall–Kier alpha value is -1.84. The number of sulfonamides is 1. The fraction of sp³-hybridized carbons (Fsp3) is 0.300. The number of benzene rings is 2. The van der Waals surface area contributed by atoms with Crippen LogP contribution in [-0.4, -0.2) is 56.1 Å². The Kier molecular flexibility index (Phi) is 8.73. The number of hydrogen-bond donors (Lipinski definition) is 1. The van der Waals surface area contributed by atoms with Crippen LogP contribution in [0.3, 0.4) is 0 Å². The van der Waals surface area contributed by atoms with E-state index >= 15 is 0 Å². The maximum absolute atomic E-state index is 13.1. The Balaban J connectivity index is 2.28. The Morgan fingerprint density at radius 2 is 1.65 bits per heavy atom. The van der Waals surface area contributed by atoms with E-state index in [1.807, 2.05) is 0 Å². The number of nitrogens with one attached hydrogen (secondary N) is 1. The Morgan fingerprint density at radius 1 is 1.03 bits per heavy atom. The molecule has 0 saturated carbocycles. The van der Waals surface area contributed by atoms with Crippen LogP contribution in [0.25, 0.3) is 0 Å². The first kappa shape index (κ1) is 25.4. The topological polar surface area (TPSA) is 86.8 Å². The van der Waals surface area contributed by atoms with Crippen molar-refractivity contribution >= 4 is 56.6 Å². The van der Waals surface area contributed by atoms with Gasteiger partial charge in [-0.1, -0.05) is 40.9 Å². The van der Waals surface area contributed by atoms with Crippen molar-refractivity contribution in [1.29, 1.82) is 0 Å². The number of amides is 2. The molecule has 31 heavy (non-hydrogen) atoms. The van der Waals surface area contributed by atoms with Gasteiger partial charge >= 0.3 is 0 Å². The second kappa shape index (κ2) is 10.7. The number of rotatable bonds is 8. The van der Waals surface area contributed by atoms with Crippen LogP contribution in [0.2, 0.25) is 15.1 Å². The van der Waals surface area contributed by atoms with Crippen molar-refractivity contribution in [2.24, 2.45) is 0 Å². The normalized spacial score (nSPS) is 12.5. The second-order valence-electron chi connectivity index (χ2n) is 6.78. The van der Waals surface area contributed by atoms with E-state index in [0.29, 0.717) is 20.6 Å². The molecular weight excluding hydrogens is 485 g/mol. The number of carbonyl (C=O) groups is 2. The lowest BCUT2D eigenvalue weighted by Gasteiger charge is -2.30. The second-order valence-corrected chi connectivity index (χ2v) is 10.1. The molecule has 1 atom stereocenters. The van der Waals surface area contributed by atoms with E-state index in [1.54, 1.807) is 25.1 Å². The van der Waals surface area contributed by atoms with Crippen LogP contribution in [0, 0.1) is 0 Å². The molecule has 0 aromatic heterocycles. The summed E-state index contributed by atoms with van der Waals surface area (Å²) >= 11 is 17.8. The van der Waals surface area contributed by atoms with E-state index in [2.05, 4.69) is 5.32 Å². The van der Waals surface area contributed by atoms with Crippen molar-refractivity contribution in [2.75, 3.05) is 20.6 Å². The maximum atomic E-state index is 13.1. The van der Waals surface area contributed by atoms with Gasteiger partial charge in [-0.15, -0.1) is 0 Å². The summed E-state index contributed by atoms with van der Waals surface area (Å²) in [5, 5.41) is 3.55. The molecule has 2 rings (SSSR count). The third-order valence-electron chi connectivity index (χ3n) is 4.63. The van der Waals surface area contributed by atoms with Gasteiger partial charge in [0.15, 0.2) is 0 Å². The predicted octanol–water partition coefficient (Wildman–Crippen LogP) is 3.43. The number of nitrogens with zero attached hydrogens (tertiary/aromatic N) is 2. The molecule has 7 nitrogen and oxygen atoms in total. The minimum absolute atomic E-state index is 0.00239. The number of likely N-dealkylation sites (N-methyl/N-ethyl adjacent to an activating group) is 2. The van der Waals surface area contributed by atoms with Crippen LogP contribution in [0.1, 0.15) is 12.5 Å². The summed E-state index contributed by atoms with van der Waals surface area (Å²) in [5.74, 6) is -0.946. The average Bonchev–Trinajstić information content (AvgIpc) is 2.73. The van der Waals surface area contributed by atoms with Gasteiger partial charge in [0.25, 0.3) is 0 Å². The largest absolute Gasteiger partial charge is 0.357 e. The van der Waals surface area contributed by atoms with Gasteiger partial charge in [0, 0.05) is 25.7 Å². The van der Waals surface area contributed by atoms with E-state index in [1.165, 1.54) is 43.3 Å². The first-order chi connectivity index (χ1) is 14.5. The van der Waals surface area contributed by atoms with E-state index in [0.717, 1.165) is 4.31 Å². The van der Waals surface area contributed by atoms with Gasteiger partial charge in [-0.05, 0) is 48.9 Å². The molecule has 0 aliphatic heterocycles. The molecule has 2 amide bonds. The highest BCUT2D eigenvalue weighted by Gasteiger charge is 2.30. The summed E-state index contributed by atoms with van der Waals surface area (Å²) in [5.41, 5.74) is 0.640. The lowest BCUT2D eigenvalue weighted by molar-refractivity contribution is -0.140. The standard InChI is InChI=1S/C20H22Cl3N3O4S/c1-13(20(28)24-2)26(11-14-4-9-17(22)18(23)10-14)19(27)12-25(3)31(29,30)16-7-5-15(21)6-8-16/h4-10,13H,11-12H2,1-3H3,(H,24,28). The molecule has 0 saturated heterocycles. The molecule has 168 valence electrons. The molecular formula is C20H22Cl3N3O4S. The predicted molar refractivity (Wildman–Crippen MR) is 122 cm³/mol. The molecule has 0 heterocycles. The summed E-state index contributed by atoms with van der Waals surface area (Å²) < 4.78 is 26.5. The van der Waals surface area contributed by atoms with Gasteiger partial charge in [0.2, 0.25) is 21.8 Å². The fourth-order valence-electron chi connectivity index (χ4n) is 2.78. The zero-order valence-corrected chi connectivity index (χ0v) is 20.2. The lowest BCUT2D eigenvalue weighted by Crippen LogP contribution is -2.50. The SMILES string of the molecule is CNC(=O)C(C)N(Cc1ccc(Cl)c(Cl)c1)C(=O)CN(C)S(=O)(=O)c1ccc(Cl)cc1. The van der Waals surface area contributed by atoms with Crippen LogP contribution in [-0.2, 0) is 26.2 Å². The highest BCUT2D eigenvalue weighted by molar-refractivity contribution is 7.89.